The number of imidazole rings is 1. The Morgan fingerprint density at radius 1 is 1.29 bits per heavy atom. The predicted molar refractivity (Wildman–Crippen MR) is 174 cm³/mol. The SMILES string of the molecule is C=CN=C(N)CN(Cc1ncc[nH]1)C(=O)c1ccc(CN2CCC(C)(CCNC(CC)CCCCCC)CC2)cc1C. The third-order valence-corrected chi connectivity index (χ3v) is 8.84. The largest absolute Gasteiger partial charge is 0.386 e. The number of aryl methyl sites for hydroxylation is 1. The zero-order chi connectivity index (χ0) is 30.4. The van der Waals surface area contributed by atoms with Crippen LogP contribution in [0.4, 0.5) is 0 Å². The molecule has 0 aliphatic carbocycles. The van der Waals surface area contributed by atoms with Crippen LogP contribution in [-0.4, -0.2) is 63.7 Å². The maximum atomic E-state index is 13.6. The van der Waals surface area contributed by atoms with E-state index in [9.17, 15) is 4.79 Å². The second-order valence-corrected chi connectivity index (χ2v) is 12.4. The topological polar surface area (TPSA) is 103 Å². The van der Waals surface area contributed by atoms with Gasteiger partial charge in [0.25, 0.3) is 5.91 Å². The number of benzene rings is 1. The number of nitrogens with two attached hydrogens (primary N) is 1. The molecule has 1 amide bonds. The van der Waals surface area contributed by atoms with E-state index in [1.807, 2.05) is 13.0 Å². The van der Waals surface area contributed by atoms with E-state index in [0.717, 1.165) is 31.7 Å². The van der Waals surface area contributed by atoms with Crippen molar-refractivity contribution in [2.75, 3.05) is 26.2 Å². The molecule has 1 aromatic carbocycles. The summed E-state index contributed by atoms with van der Waals surface area (Å²) in [6, 6.07) is 6.87. The van der Waals surface area contributed by atoms with Gasteiger partial charge in [-0.2, -0.15) is 0 Å². The summed E-state index contributed by atoms with van der Waals surface area (Å²) in [5.41, 5.74) is 9.32. The first-order valence-electron chi connectivity index (χ1n) is 16.0. The molecule has 0 radical (unpaired) electrons. The Balaban J connectivity index is 1.51. The van der Waals surface area contributed by atoms with Crippen LogP contribution in [0.25, 0.3) is 0 Å². The van der Waals surface area contributed by atoms with E-state index in [4.69, 9.17) is 5.73 Å². The van der Waals surface area contributed by atoms with Gasteiger partial charge in [0.05, 0.1) is 13.1 Å². The molecule has 1 atom stereocenters. The molecule has 2 heterocycles. The van der Waals surface area contributed by atoms with E-state index < -0.39 is 0 Å². The summed E-state index contributed by atoms with van der Waals surface area (Å²) in [4.78, 5) is 29.2. The second-order valence-electron chi connectivity index (χ2n) is 12.4. The molecule has 1 saturated heterocycles. The molecule has 1 aliphatic heterocycles. The third kappa shape index (κ3) is 10.7. The van der Waals surface area contributed by atoms with Crippen molar-refractivity contribution in [3.8, 4) is 0 Å². The maximum absolute atomic E-state index is 13.6. The van der Waals surface area contributed by atoms with Crippen LogP contribution in [0.5, 0.6) is 0 Å². The molecule has 42 heavy (non-hydrogen) atoms. The number of rotatable bonds is 18. The first-order valence-corrected chi connectivity index (χ1v) is 16.0. The third-order valence-electron chi connectivity index (χ3n) is 8.84. The molecule has 0 saturated carbocycles. The minimum atomic E-state index is -0.0914. The molecule has 1 fully saturated rings. The number of H-pyrrole nitrogens is 1. The molecular weight excluding hydrogens is 522 g/mol. The summed E-state index contributed by atoms with van der Waals surface area (Å²) in [5.74, 6) is 0.940. The molecule has 8 heteroatoms. The Bertz CT molecular complexity index is 1120. The summed E-state index contributed by atoms with van der Waals surface area (Å²) in [7, 11) is 0. The molecule has 1 aliphatic rings. The minimum Gasteiger partial charge on any atom is -0.386 e. The highest BCUT2D eigenvalue weighted by Gasteiger charge is 2.30. The Morgan fingerprint density at radius 3 is 2.71 bits per heavy atom. The Morgan fingerprint density at radius 2 is 2.07 bits per heavy atom. The van der Waals surface area contributed by atoms with Crippen LogP contribution in [0.3, 0.4) is 0 Å². The first kappa shape index (κ1) is 33.5. The number of carbonyl (C=O) groups is 1. The lowest BCUT2D eigenvalue weighted by atomic mass is 9.77. The molecule has 232 valence electrons. The summed E-state index contributed by atoms with van der Waals surface area (Å²) in [6.45, 7) is 17.5. The zero-order valence-corrected chi connectivity index (χ0v) is 26.6. The van der Waals surface area contributed by atoms with Crippen LogP contribution in [0.2, 0.25) is 0 Å². The van der Waals surface area contributed by atoms with Gasteiger partial charge < -0.3 is 20.9 Å². The first-order chi connectivity index (χ1) is 20.3. The summed E-state index contributed by atoms with van der Waals surface area (Å²) in [5, 5.41) is 3.86. The molecular formula is C34H55N7O. The van der Waals surface area contributed by atoms with Crippen LogP contribution in [0.1, 0.15) is 106 Å². The van der Waals surface area contributed by atoms with E-state index in [0.29, 0.717) is 35.2 Å². The number of hydrogen-bond donors (Lipinski definition) is 3. The maximum Gasteiger partial charge on any atom is 0.254 e. The van der Waals surface area contributed by atoms with Crippen molar-refractivity contribution < 1.29 is 4.79 Å². The molecule has 3 rings (SSSR count). The van der Waals surface area contributed by atoms with Gasteiger partial charge in [-0.3, -0.25) is 9.69 Å². The number of aromatic nitrogens is 2. The monoisotopic (exact) mass is 577 g/mol. The summed E-state index contributed by atoms with van der Waals surface area (Å²) < 4.78 is 0. The van der Waals surface area contributed by atoms with Gasteiger partial charge in [0.1, 0.15) is 11.7 Å². The number of hydrogen-bond acceptors (Lipinski definition) is 5. The number of unbranched alkanes of at least 4 members (excludes halogenated alkanes) is 3. The Labute approximate surface area is 254 Å². The highest BCUT2D eigenvalue weighted by Crippen LogP contribution is 2.34. The number of nitrogens with one attached hydrogen (secondary N) is 2. The van der Waals surface area contributed by atoms with Gasteiger partial charge in [0.15, 0.2) is 0 Å². The number of amidine groups is 1. The number of aromatic amines is 1. The lowest BCUT2D eigenvalue weighted by molar-refractivity contribution is 0.0763. The van der Waals surface area contributed by atoms with Crippen molar-refractivity contribution in [1.29, 1.82) is 0 Å². The normalized spacial score (nSPS) is 16.3. The number of likely N-dealkylation sites (tertiary alicyclic amines) is 1. The van der Waals surface area contributed by atoms with Crippen molar-refractivity contribution in [3.63, 3.8) is 0 Å². The van der Waals surface area contributed by atoms with Crippen LogP contribution in [0, 0.1) is 12.3 Å². The summed E-state index contributed by atoms with van der Waals surface area (Å²) in [6.07, 6.45) is 16.4. The standard InChI is InChI=1S/C34H55N7O/c1-6-9-10-11-12-29(7-2)37-18-15-34(5)16-21-40(22-17-34)24-28-13-14-30(27(4)23-28)33(42)41(25-31(35)36-8-3)26-32-38-19-20-39-32/h8,13-14,19-20,23,29,37H,3,6-7,9-12,15-18,21-22,24-26H2,1-2,4-5H3,(H2,35,36)(H,38,39). The van der Waals surface area contributed by atoms with Crippen LogP contribution < -0.4 is 11.1 Å². The van der Waals surface area contributed by atoms with Gasteiger partial charge in [-0.15, -0.1) is 0 Å². The second kappa shape index (κ2) is 17.2. The fourth-order valence-corrected chi connectivity index (χ4v) is 5.96. The van der Waals surface area contributed by atoms with Crippen LogP contribution in [-0.2, 0) is 13.1 Å². The predicted octanol–water partition coefficient (Wildman–Crippen LogP) is 6.19. The van der Waals surface area contributed by atoms with Crippen molar-refractivity contribution in [1.82, 2.24) is 25.1 Å². The molecule has 8 nitrogen and oxygen atoms in total. The lowest BCUT2D eigenvalue weighted by Crippen LogP contribution is -2.40. The number of amides is 1. The Kier molecular flexibility index (Phi) is 13.7. The van der Waals surface area contributed by atoms with Gasteiger partial charge in [-0.05, 0) is 81.3 Å². The van der Waals surface area contributed by atoms with E-state index in [2.05, 4.69) is 64.7 Å². The highest BCUT2D eigenvalue weighted by atomic mass is 16.2. The molecule has 4 N–H and O–H groups in total. The van der Waals surface area contributed by atoms with Crippen LogP contribution in [0.15, 0.2) is 48.4 Å². The average molecular weight is 578 g/mol. The van der Waals surface area contributed by atoms with Crippen LogP contribution >= 0.6 is 0 Å². The highest BCUT2D eigenvalue weighted by molar-refractivity contribution is 5.98. The molecule has 0 spiro atoms. The molecule has 0 bridgehead atoms. The lowest BCUT2D eigenvalue weighted by Gasteiger charge is -2.40. The quantitative estimate of drug-likeness (QED) is 0.111. The van der Waals surface area contributed by atoms with Crippen molar-refractivity contribution in [3.05, 3.63) is 65.9 Å². The van der Waals surface area contributed by atoms with Gasteiger partial charge in [-0.25, -0.2) is 9.98 Å². The number of nitrogens with zero attached hydrogens (tertiary/aromatic N) is 4. The van der Waals surface area contributed by atoms with Gasteiger partial charge >= 0.3 is 0 Å². The van der Waals surface area contributed by atoms with Gasteiger partial charge in [-0.1, -0.05) is 65.2 Å². The van der Waals surface area contributed by atoms with E-state index in [-0.39, 0.29) is 12.5 Å². The smallest absolute Gasteiger partial charge is 0.254 e. The fraction of sp³-hybridized carbons (Fsp3) is 0.618. The fourth-order valence-electron chi connectivity index (χ4n) is 5.96. The van der Waals surface area contributed by atoms with E-state index in [1.165, 1.54) is 69.6 Å². The molecule has 2 aromatic rings. The summed E-state index contributed by atoms with van der Waals surface area (Å²) >= 11 is 0. The zero-order valence-electron chi connectivity index (χ0n) is 26.6. The van der Waals surface area contributed by atoms with Gasteiger partial charge in [0.2, 0.25) is 0 Å². The van der Waals surface area contributed by atoms with Crippen molar-refractivity contribution >= 4 is 11.7 Å². The number of carbonyl (C=O) groups excluding carboxylic acids is 1. The molecule has 1 unspecified atom stereocenters. The van der Waals surface area contributed by atoms with E-state index in [1.54, 1.807) is 17.3 Å². The molecule has 1 aromatic heterocycles. The Hall–Kier alpha value is -2.97. The minimum absolute atomic E-state index is 0.0914. The van der Waals surface area contributed by atoms with Crippen molar-refractivity contribution in [2.45, 2.75) is 105 Å². The van der Waals surface area contributed by atoms with Crippen molar-refractivity contribution in [2.24, 2.45) is 16.1 Å². The average Bonchev–Trinajstić information content (AvgIpc) is 3.48. The van der Waals surface area contributed by atoms with Gasteiger partial charge in [0, 0.05) is 36.7 Å². The number of aliphatic imine (C=N–C) groups is 1. The number of piperidine rings is 1. The van der Waals surface area contributed by atoms with E-state index >= 15 is 0 Å².